The maximum atomic E-state index is 11.2. The average Bonchev–Trinajstić information content (AvgIpc) is 2.49. The molecular formula is C14H11N3O4. The minimum absolute atomic E-state index is 0.0253. The molecule has 7 heteroatoms. The Morgan fingerprint density at radius 3 is 2.57 bits per heavy atom. The van der Waals surface area contributed by atoms with Gasteiger partial charge in [-0.3, -0.25) is 0 Å². The number of para-hydroxylation sites is 2. The first-order chi connectivity index (χ1) is 10.2. The van der Waals surface area contributed by atoms with Crippen LogP contribution in [0.5, 0.6) is 17.2 Å². The number of azide groups is 1. The lowest BCUT2D eigenvalue weighted by molar-refractivity contribution is 0.0697. The highest BCUT2D eigenvalue weighted by atomic mass is 16.5. The van der Waals surface area contributed by atoms with Crippen molar-refractivity contribution in [2.75, 3.05) is 7.11 Å². The molecule has 0 radical (unpaired) electrons. The van der Waals surface area contributed by atoms with Gasteiger partial charge in [0.2, 0.25) is 0 Å². The normalized spacial score (nSPS) is 9.57. The van der Waals surface area contributed by atoms with Gasteiger partial charge >= 0.3 is 5.97 Å². The van der Waals surface area contributed by atoms with Crippen LogP contribution in [0.25, 0.3) is 10.4 Å². The SMILES string of the molecule is COc1ccccc1Oc1ccc(N=[N+]=[N-])c(C(=O)O)c1. The number of rotatable bonds is 5. The zero-order valence-corrected chi connectivity index (χ0v) is 11.1. The molecule has 0 spiro atoms. The summed E-state index contributed by atoms with van der Waals surface area (Å²) in [4.78, 5) is 13.8. The molecular weight excluding hydrogens is 274 g/mol. The van der Waals surface area contributed by atoms with Crippen LogP contribution < -0.4 is 9.47 Å². The second-order valence-corrected chi connectivity index (χ2v) is 3.93. The van der Waals surface area contributed by atoms with Crippen LogP contribution in [-0.2, 0) is 0 Å². The standard InChI is InChI=1S/C14H11N3O4/c1-20-12-4-2-3-5-13(12)21-9-6-7-11(16-17-15)10(8-9)14(18)19/h2-8H,1H3,(H,18,19). The largest absolute Gasteiger partial charge is 0.493 e. The highest BCUT2D eigenvalue weighted by Crippen LogP contribution is 2.33. The lowest BCUT2D eigenvalue weighted by atomic mass is 10.1. The lowest BCUT2D eigenvalue weighted by Crippen LogP contribution is -1.97. The van der Waals surface area contributed by atoms with E-state index in [0.717, 1.165) is 0 Å². The maximum absolute atomic E-state index is 11.2. The van der Waals surface area contributed by atoms with Crippen molar-refractivity contribution in [3.63, 3.8) is 0 Å². The number of carboxylic acids is 1. The summed E-state index contributed by atoms with van der Waals surface area (Å²) in [6, 6.07) is 11.2. The van der Waals surface area contributed by atoms with Crippen LogP contribution in [0.15, 0.2) is 47.6 Å². The molecule has 1 N–H and O–H groups in total. The second kappa shape index (κ2) is 6.31. The van der Waals surface area contributed by atoms with Crippen molar-refractivity contribution in [1.82, 2.24) is 0 Å². The molecule has 0 saturated heterocycles. The van der Waals surface area contributed by atoms with Crippen molar-refractivity contribution in [2.24, 2.45) is 5.11 Å². The third kappa shape index (κ3) is 3.23. The Bertz CT molecular complexity index is 724. The molecule has 0 aromatic heterocycles. The molecule has 0 bridgehead atoms. The van der Waals surface area contributed by atoms with Crippen molar-refractivity contribution >= 4 is 11.7 Å². The van der Waals surface area contributed by atoms with Crippen molar-refractivity contribution < 1.29 is 19.4 Å². The van der Waals surface area contributed by atoms with E-state index in [0.29, 0.717) is 17.2 Å². The molecule has 2 aromatic rings. The molecule has 21 heavy (non-hydrogen) atoms. The van der Waals surface area contributed by atoms with Crippen molar-refractivity contribution in [3.05, 3.63) is 58.5 Å². The molecule has 0 heterocycles. The van der Waals surface area contributed by atoms with Crippen molar-refractivity contribution in [3.8, 4) is 17.2 Å². The van der Waals surface area contributed by atoms with Crippen molar-refractivity contribution in [2.45, 2.75) is 0 Å². The fourth-order valence-electron chi connectivity index (χ4n) is 1.72. The summed E-state index contributed by atoms with van der Waals surface area (Å²) in [5, 5.41) is 12.4. The van der Waals surface area contributed by atoms with Gasteiger partial charge in [-0.1, -0.05) is 17.2 Å². The Hall–Kier alpha value is -3.18. The first-order valence-corrected chi connectivity index (χ1v) is 5.89. The molecule has 2 aromatic carbocycles. The molecule has 106 valence electrons. The van der Waals surface area contributed by atoms with Gasteiger partial charge in [-0.25, -0.2) is 4.79 Å². The summed E-state index contributed by atoms with van der Waals surface area (Å²) in [5.74, 6) is 0.0676. The molecule has 2 rings (SSSR count). The Labute approximate surface area is 120 Å². The lowest BCUT2D eigenvalue weighted by Gasteiger charge is -2.11. The molecule has 7 nitrogen and oxygen atoms in total. The summed E-state index contributed by atoms with van der Waals surface area (Å²) in [6.07, 6.45) is 0. The molecule has 0 aliphatic heterocycles. The van der Waals surface area contributed by atoms with Gasteiger partial charge in [0.25, 0.3) is 0 Å². The van der Waals surface area contributed by atoms with E-state index < -0.39 is 5.97 Å². The molecule has 0 saturated carbocycles. The zero-order valence-electron chi connectivity index (χ0n) is 11.1. The van der Waals surface area contributed by atoms with Crippen LogP contribution in [0.4, 0.5) is 5.69 Å². The number of carbonyl (C=O) groups is 1. The van der Waals surface area contributed by atoms with Gasteiger partial charge in [0.05, 0.1) is 18.4 Å². The number of nitrogens with zero attached hydrogens (tertiary/aromatic N) is 3. The smallest absolute Gasteiger partial charge is 0.336 e. The second-order valence-electron chi connectivity index (χ2n) is 3.93. The first kappa shape index (κ1) is 14.2. The molecule has 0 unspecified atom stereocenters. The number of ether oxygens (including phenoxy) is 2. The van der Waals surface area contributed by atoms with Gasteiger partial charge in [-0.05, 0) is 35.9 Å². The van der Waals surface area contributed by atoms with Gasteiger partial charge in [0, 0.05) is 4.91 Å². The molecule has 0 aliphatic rings. The van der Waals surface area contributed by atoms with E-state index in [-0.39, 0.29) is 11.3 Å². The van der Waals surface area contributed by atoms with Crippen LogP contribution in [0.1, 0.15) is 10.4 Å². The van der Waals surface area contributed by atoms with E-state index >= 15 is 0 Å². The Morgan fingerprint density at radius 1 is 1.24 bits per heavy atom. The van der Waals surface area contributed by atoms with E-state index in [4.69, 9.17) is 20.1 Å². The van der Waals surface area contributed by atoms with E-state index in [1.807, 2.05) is 0 Å². The van der Waals surface area contributed by atoms with Crippen LogP contribution in [0.2, 0.25) is 0 Å². The third-order valence-electron chi connectivity index (χ3n) is 2.65. The zero-order chi connectivity index (χ0) is 15.2. The number of carboxylic acid groups (broad SMARTS) is 1. The Balaban J connectivity index is 2.39. The van der Waals surface area contributed by atoms with Crippen LogP contribution in [-0.4, -0.2) is 18.2 Å². The topological polar surface area (TPSA) is 105 Å². The predicted octanol–water partition coefficient (Wildman–Crippen LogP) is 4.13. The molecule has 0 aliphatic carbocycles. The Kier molecular flexibility index (Phi) is 4.28. The fourth-order valence-corrected chi connectivity index (χ4v) is 1.72. The molecule has 0 amide bonds. The maximum Gasteiger partial charge on any atom is 0.336 e. The quantitative estimate of drug-likeness (QED) is 0.506. The number of methoxy groups -OCH3 is 1. The van der Waals surface area contributed by atoms with Gasteiger partial charge in [-0.15, -0.1) is 0 Å². The number of benzene rings is 2. The van der Waals surface area contributed by atoms with Gasteiger partial charge < -0.3 is 14.6 Å². The fraction of sp³-hybridized carbons (Fsp3) is 0.0714. The highest BCUT2D eigenvalue weighted by molar-refractivity contribution is 5.93. The summed E-state index contributed by atoms with van der Waals surface area (Å²) >= 11 is 0. The number of aromatic carboxylic acids is 1. The Morgan fingerprint density at radius 2 is 1.95 bits per heavy atom. The average molecular weight is 285 g/mol. The van der Waals surface area contributed by atoms with E-state index in [1.165, 1.54) is 25.3 Å². The summed E-state index contributed by atoms with van der Waals surface area (Å²) in [6.45, 7) is 0. The minimum atomic E-state index is -1.21. The van der Waals surface area contributed by atoms with Gasteiger partial charge in [0.1, 0.15) is 5.75 Å². The predicted molar refractivity (Wildman–Crippen MR) is 75.3 cm³/mol. The third-order valence-corrected chi connectivity index (χ3v) is 2.65. The van der Waals surface area contributed by atoms with E-state index in [9.17, 15) is 4.79 Å². The monoisotopic (exact) mass is 285 g/mol. The van der Waals surface area contributed by atoms with Crippen LogP contribution in [0.3, 0.4) is 0 Å². The highest BCUT2D eigenvalue weighted by Gasteiger charge is 2.12. The number of hydrogen-bond acceptors (Lipinski definition) is 4. The molecule has 0 fully saturated rings. The van der Waals surface area contributed by atoms with E-state index in [1.54, 1.807) is 24.3 Å². The van der Waals surface area contributed by atoms with E-state index in [2.05, 4.69) is 10.0 Å². The van der Waals surface area contributed by atoms with Crippen LogP contribution in [0, 0.1) is 0 Å². The van der Waals surface area contributed by atoms with Gasteiger partial charge in [-0.2, -0.15) is 0 Å². The molecule has 0 atom stereocenters. The summed E-state index contributed by atoms with van der Waals surface area (Å²) < 4.78 is 10.8. The summed E-state index contributed by atoms with van der Waals surface area (Å²) in [5.41, 5.74) is 8.30. The van der Waals surface area contributed by atoms with Gasteiger partial charge in [0.15, 0.2) is 11.5 Å². The van der Waals surface area contributed by atoms with Crippen molar-refractivity contribution in [1.29, 1.82) is 0 Å². The minimum Gasteiger partial charge on any atom is -0.493 e. The summed E-state index contributed by atoms with van der Waals surface area (Å²) in [7, 11) is 1.51. The number of hydrogen-bond donors (Lipinski definition) is 1. The van der Waals surface area contributed by atoms with Crippen LogP contribution >= 0.6 is 0 Å². The first-order valence-electron chi connectivity index (χ1n) is 5.89.